The summed E-state index contributed by atoms with van der Waals surface area (Å²) >= 11 is 6.08. The molecular weight excluding hydrogens is 298 g/mol. The van der Waals surface area contributed by atoms with Crippen LogP contribution in [0.1, 0.15) is 25.7 Å². The molecule has 0 bridgehead atoms. The number of anilines is 1. The largest absolute Gasteiger partial charge is 0.371 e. The third-order valence-corrected chi connectivity index (χ3v) is 5.00. The van der Waals surface area contributed by atoms with E-state index in [1.165, 1.54) is 5.69 Å². The van der Waals surface area contributed by atoms with Gasteiger partial charge in [0.25, 0.3) is 0 Å². The van der Waals surface area contributed by atoms with E-state index in [4.69, 9.17) is 11.6 Å². The number of carbonyl (C=O) groups is 1. The number of likely N-dealkylation sites (tertiary alicyclic amines) is 1. The number of likely N-dealkylation sites (N-methyl/N-ethyl adjacent to an activating group) is 1. The summed E-state index contributed by atoms with van der Waals surface area (Å²) in [5.74, 6) is 0.272. The zero-order valence-electron chi connectivity index (χ0n) is 13.1. The lowest BCUT2D eigenvalue weighted by Gasteiger charge is -2.38. The molecule has 1 aromatic rings. The Hall–Kier alpha value is -1.26. The fourth-order valence-electron chi connectivity index (χ4n) is 3.46. The van der Waals surface area contributed by atoms with Crippen LogP contribution in [0.15, 0.2) is 24.3 Å². The topological polar surface area (TPSA) is 35.6 Å². The molecule has 22 heavy (non-hydrogen) atoms. The summed E-state index contributed by atoms with van der Waals surface area (Å²) in [7, 11) is 1.90. The van der Waals surface area contributed by atoms with E-state index in [0.717, 1.165) is 43.9 Å². The monoisotopic (exact) mass is 321 g/mol. The first-order valence-electron chi connectivity index (χ1n) is 8.12. The van der Waals surface area contributed by atoms with Crippen molar-refractivity contribution < 1.29 is 4.79 Å². The van der Waals surface area contributed by atoms with Crippen LogP contribution in [0.4, 0.5) is 5.69 Å². The third kappa shape index (κ3) is 3.73. The number of piperidine rings is 2. The second-order valence-electron chi connectivity index (χ2n) is 6.42. The highest BCUT2D eigenvalue weighted by Gasteiger charge is 2.26. The van der Waals surface area contributed by atoms with Crippen LogP contribution >= 0.6 is 11.6 Å². The van der Waals surface area contributed by atoms with Gasteiger partial charge in [-0.2, -0.15) is 0 Å². The Morgan fingerprint density at radius 1 is 1.18 bits per heavy atom. The molecule has 1 N–H and O–H groups in total. The minimum absolute atomic E-state index is 0.272. The molecule has 0 radical (unpaired) electrons. The highest BCUT2D eigenvalue weighted by Crippen LogP contribution is 2.23. The molecule has 0 aromatic heterocycles. The Bertz CT molecular complexity index is 528. The maximum Gasteiger partial charge on any atom is 0.222 e. The zero-order valence-corrected chi connectivity index (χ0v) is 13.9. The van der Waals surface area contributed by atoms with Crippen molar-refractivity contribution in [2.75, 3.05) is 31.6 Å². The molecule has 2 aliphatic rings. The maximum absolute atomic E-state index is 11.5. The van der Waals surface area contributed by atoms with Crippen LogP contribution < -0.4 is 10.2 Å². The van der Waals surface area contributed by atoms with Crippen LogP contribution in [0.3, 0.4) is 0 Å². The van der Waals surface area contributed by atoms with Gasteiger partial charge in [-0.3, -0.25) is 4.79 Å². The summed E-state index contributed by atoms with van der Waals surface area (Å²) < 4.78 is 0. The number of nitrogens with one attached hydrogen (secondary N) is 1. The van der Waals surface area contributed by atoms with E-state index < -0.39 is 0 Å². The Morgan fingerprint density at radius 2 is 1.95 bits per heavy atom. The SMILES string of the molecule is CN1CC(NC2CCN(c3cccc(Cl)c3)CC2)CCC1=O. The normalized spacial score (nSPS) is 23.9. The molecule has 1 atom stereocenters. The van der Waals surface area contributed by atoms with Gasteiger partial charge in [0.1, 0.15) is 0 Å². The molecule has 2 heterocycles. The lowest BCUT2D eigenvalue weighted by molar-refractivity contribution is -0.132. The van der Waals surface area contributed by atoms with Gasteiger partial charge in [-0.05, 0) is 37.5 Å². The van der Waals surface area contributed by atoms with Crippen molar-refractivity contribution >= 4 is 23.2 Å². The number of nitrogens with zero attached hydrogens (tertiary/aromatic N) is 2. The van der Waals surface area contributed by atoms with Crippen LogP contribution in [-0.2, 0) is 4.79 Å². The highest BCUT2D eigenvalue weighted by atomic mass is 35.5. The van der Waals surface area contributed by atoms with Gasteiger partial charge in [0, 0.05) is 55.9 Å². The summed E-state index contributed by atoms with van der Waals surface area (Å²) in [6, 6.07) is 9.10. The van der Waals surface area contributed by atoms with Gasteiger partial charge in [0.2, 0.25) is 5.91 Å². The van der Waals surface area contributed by atoms with Crippen LogP contribution in [0, 0.1) is 0 Å². The quantitative estimate of drug-likeness (QED) is 0.929. The van der Waals surface area contributed by atoms with Crippen molar-refractivity contribution in [1.82, 2.24) is 10.2 Å². The fraction of sp³-hybridized carbons (Fsp3) is 0.588. The first-order valence-corrected chi connectivity index (χ1v) is 8.50. The second-order valence-corrected chi connectivity index (χ2v) is 6.85. The van der Waals surface area contributed by atoms with Gasteiger partial charge >= 0.3 is 0 Å². The van der Waals surface area contributed by atoms with Crippen molar-refractivity contribution in [2.45, 2.75) is 37.8 Å². The average Bonchev–Trinajstić information content (AvgIpc) is 2.52. The predicted molar refractivity (Wildman–Crippen MR) is 90.5 cm³/mol. The molecule has 0 spiro atoms. The van der Waals surface area contributed by atoms with E-state index in [0.29, 0.717) is 18.5 Å². The maximum atomic E-state index is 11.5. The summed E-state index contributed by atoms with van der Waals surface area (Å²) in [4.78, 5) is 15.8. The molecule has 1 unspecified atom stereocenters. The van der Waals surface area contributed by atoms with Crippen LogP contribution in [0.2, 0.25) is 5.02 Å². The van der Waals surface area contributed by atoms with Crippen LogP contribution in [-0.4, -0.2) is 49.6 Å². The van der Waals surface area contributed by atoms with Crippen molar-refractivity contribution in [1.29, 1.82) is 0 Å². The highest BCUT2D eigenvalue weighted by molar-refractivity contribution is 6.30. The Kier molecular flexibility index (Phi) is 4.89. The molecule has 2 fully saturated rings. The van der Waals surface area contributed by atoms with E-state index in [1.807, 2.05) is 30.1 Å². The number of benzene rings is 1. The van der Waals surface area contributed by atoms with Crippen molar-refractivity contribution in [2.24, 2.45) is 0 Å². The van der Waals surface area contributed by atoms with Gasteiger partial charge < -0.3 is 15.1 Å². The van der Waals surface area contributed by atoms with Gasteiger partial charge in [0.15, 0.2) is 0 Å². The molecule has 5 heteroatoms. The molecule has 120 valence electrons. The number of amides is 1. The van der Waals surface area contributed by atoms with E-state index in [-0.39, 0.29) is 5.91 Å². The Labute approximate surface area is 137 Å². The molecule has 2 aliphatic heterocycles. The van der Waals surface area contributed by atoms with Gasteiger partial charge in [0.05, 0.1) is 0 Å². The second kappa shape index (κ2) is 6.88. The summed E-state index contributed by atoms with van der Waals surface area (Å²) in [6.07, 6.45) is 3.93. The van der Waals surface area contributed by atoms with Crippen molar-refractivity contribution in [3.05, 3.63) is 29.3 Å². The molecule has 4 nitrogen and oxygen atoms in total. The number of hydrogen-bond donors (Lipinski definition) is 1. The van der Waals surface area contributed by atoms with Crippen molar-refractivity contribution in [3.63, 3.8) is 0 Å². The lowest BCUT2D eigenvalue weighted by atomic mass is 9.99. The Morgan fingerprint density at radius 3 is 2.64 bits per heavy atom. The molecule has 1 amide bonds. The van der Waals surface area contributed by atoms with Crippen LogP contribution in [0.25, 0.3) is 0 Å². The third-order valence-electron chi connectivity index (χ3n) is 4.77. The van der Waals surface area contributed by atoms with Gasteiger partial charge in [-0.25, -0.2) is 0 Å². The van der Waals surface area contributed by atoms with E-state index in [9.17, 15) is 4.79 Å². The molecule has 3 rings (SSSR count). The summed E-state index contributed by atoms with van der Waals surface area (Å²) in [5.41, 5.74) is 1.22. The van der Waals surface area contributed by atoms with E-state index >= 15 is 0 Å². The summed E-state index contributed by atoms with van der Waals surface area (Å²) in [6.45, 7) is 2.95. The summed E-state index contributed by atoms with van der Waals surface area (Å²) in [5, 5.41) is 4.54. The van der Waals surface area contributed by atoms with Gasteiger partial charge in [-0.1, -0.05) is 17.7 Å². The number of carbonyl (C=O) groups excluding carboxylic acids is 1. The lowest BCUT2D eigenvalue weighted by Crippen LogP contribution is -2.52. The van der Waals surface area contributed by atoms with E-state index in [2.05, 4.69) is 16.3 Å². The van der Waals surface area contributed by atoms with E-state index in [1.54, 1.807) is 0 Å². The molecule has 0 saturated carbocycles. The molecular formula is C17H24ClN3O. The number of hydrogen-bond acceptors (Lipinski definition) is 3. The average molecular weight is 322 g/mol. The fourth-order valence-corrected chi connectivity index (χ4v) is 3.64. The van der Waals surface area contributed by atoms with Crippen LogP contribution in [0.5, 0.6) is 0 Å². The first kappa shape index (κ1) is 15.6. The molecule has 1 aromatic carbocycles. The Balaban J connectivity index is 1.49. The van der Waals surface area contributed by atoms with Gasteiger partial charge in [-0.15, -0.1) is 0 Å². The molecule has 2 saturated heterocycles. The minimum Gasteiger partial charge on any atom is -0.371 e. The smallest absolute Gasteiger partial charge is 0.222 e. The zero-order chi connectivity index (χ0) is 15.5. The number of rotatable bonds is 3. The van der Waals surface area contributed by atoms with Crippen molar-refractivity contribution in [3.8, 4) is 0 Å². The first-order chi connectivity index (χ1) is 10.6. The minimum atomic E-state index is 0.272. The predicted octanol–water partition coefficient (Wildman–Crippen LogP) is 2.52. The molecule has 0 aliphatic carbocycles. The number of halogens is 1. The standard InChI is InChI=1S/C17H24ClN3O/c1-20-12-15(5-6-17(20)22)19-14-7-9-21(10-8-14)16-4-2-3-13(18)11-16/h2-4,11,14-15,19H,5-10,12H2,1H3.